The topological polar surface area (TPSA) is 47.0 Å². The lowest BCUT2D eigenvalue weighted by Gasteiger charge is -2.09. The minimum absolute atomic E-state index is 0.362. The molecular weight excluding hydrogens is 342 g/mol. The third-order valence-corrected chi connectivity index (χ3v) is 6.48. The highest BCUT2D eigenvalue weighted by Gasteiger charge is 2.48. The summed E-state index contributed by atoms with van der Waals surface area (Å²) in [5.41, 5.74) is 5.28. The highest BCUT2D eigenvalue weighted by atomic mass is 35.5. The SMILES string of the molecule is CS(=O)(=O)c1ccc(C2=C(c3ccc(Cl)nc3)CC3(CC3)C2)cc1. The lowest BCUT2D eigenvalue weighted by molar-refractivity contribution is 0.568. The Morgan fingerprint density at radius 3 is 2.04 bits per heavy atom. The fourth-order valence-electron chi connectivity index (χ4n) is 3.57. The first-order valence-electron chi connectivity index (χ1n) is 8.01. The minimum Gasteiger partial charge on any atom is -0.244 e. The quantitative estimate of drug-likeness (QED) is 0.751. The van der Waals surface area contributed by atoms with E-state index in [0.29, 0.717) is 15.5 Å². The molecule has 124 valence electrons. The van der Waals surface area contributed by atoms with Gasteiger partial charge in [-0.15, -0.1) is 0 Å². The zero-order valence-corrected chi connectivity index (χ0v) is 15.0. The van der Waals surface area contributed by atoms with E-state index in [-0.39, 0.29) is 0 Å². The van der Waals surface area contributed by atoms with Crippen LogP contribution >= 0.6 is 11.6 Å². The lowest BCUT2D eigenvalue weighted by Crippen LogP contribution is -1.97. The van der Waals surface area contributed by atoms with Crippen LogP contribution in [0.3, 0.4) is 0 Å². The molecule has 4 rings (SSSR count). The number of sulfone groups is 1. The molecule has 0 amide bonds. The van der Waals surface area contributed by atoms with Gasteiger partial charge in [-0.05, 0) is 71.6 Å². The molecule has 2 aliphatic carbocycles. The van der Waals surface area contributed by atoms with Crippen molar-refractivity contribution in [2.75, 3.05) is 6.26 Å². The van der Waals surface area contributed by atoms with Gasteiger partial charge in [0.05, 0.1) is 4.90 Å². The van der Waals surface area contributed by atoms with E-state index >= 15 is 0 Å². The highest BCUT2D eigenvalue weighted by molar-refractivity contribution is 7.90. The second-order valence-corrected chi connectivity index (χ2v) is 9.38. The van der Waals surface area contributed by atoms with Gasteiger partial charge in [-0.3, -0.25) is 0 Å². The van der Waals surface area contributed by atoms with E-state index in [4.69, 9.17) is 11.6 Å². The Balaban J connectivity index is 1.77. The molecule has 5 heteroatoms. The van der Waals surface area contributed by atoms with E-state index in [1.807, 2.05) is 30.5 Å². The van der Waals surface area contributed by atoms with Crippen molar-refractivity contribution in [3.63, 3.8) is 0 Å². The Morgan fingerprint density at radius 1 is 0.958 bits per heavy atom. The van der Waals surface area contributed by atoms with Gasteiger partial charge in [-0.1, -0.05) is 29.8 Å². The average molecular weight is 360 g/mol. The second kappa shape index (κ2) is 5.43. The van der Waals surface area contributed by atoms with E-state index in [1.54, 1.807) is 12.1 Å². The van der Waals surface area contributed by atoms with Crippen LogP contribution in [0.5, 0.6) is 0 Å². The van der Waals surface area contributed by atoms with Gasteiger partial charge in [0.25, 0.3) is 0 Å². The van der Waals surface area contributed by atoms with Crippen molar-refractivity contribution in [1.82, 2.24) is 4.98 Å². The molecule has 0 bridgehead atoms. The second-order valence-electron chi connectivity index (χ2n) is 6.98. The molecule has 0 aliphatic heterocycles. The number of pyridine rings is 1. The van der Waals surface area contributed by atoms with E-state index in [2.05, 4.69) is 4.98 Å². The Kier molecular flexibility index (Phi) is 3.59. The molecule has 1 fully saturated rings. The molecule has 1 aromatic heterocycles. The number of hydrogen-bond donors (Lipinski definition) is 0. The number of halogens is 1. The third-order valence-electron chi connectivity index (χ3n) is 5.13. The van der Waals surface area contributed by atoms with Crippen molar-refractivity contribution in [3.8, 4) is 0 Å². The molecule has 0 saturated heterocycles. The maximum absolute atomic E-state index is 11.7. The van der Waals surface area contributed by atoms with Crippen molar-refractivity contribution in [2.24, 2.45) is 5.41 Å². The van der Waals surface area contributed by atoms with Gasteiger partial charge in [0.1, 0.15) is 5.15 Å². The fourth-order valence-corrected chi connectivity index (χ4v) is 4.31. The summed E-state index contributed by atoms with van der Waals surface area (Å²) in [6, 6.07) is 11.1. The van der Waals surface area contributed by atoms with Crippen molar-refractivity contribution >= 4 is 32.6 Å². The van der Waals surface area contributed by atoms with Gasteiger partial charge < -0.3 is 0 Å². The maximum Gasteiger partial charge on any atom is 0.175 e. The molecule has 1 saturated carbocycles. The van der Waals surface area contributed by atoms with Crippen LogP contribution in [0.2, 0.25) is 5.15 Å². The lowest BCUT2D eigenvalue weighted by atomic mass is 9.98. The van der Waals surface area contributed by atoms with Gasteiger partial charge in [0, 0.05) is 12.5 Å². The van der Waals surface area contributed by atoms with Crippen molar-refractivity contribution in [1.29, 1.82) is 0 Å². The van der Waals surface area contributed by atoms with E-state index in [1.165, 1.54) is 30.2 Å². The number of rotatable bonds is 3. The summed E-state index contributed by atoms with van der Waals surface area (Å²) in [6.07, 6.45) is 7.73. The molecule has 0 N–H and O–H groups in total. The molecule has 0 radical (unpaired) electrons. The van der Waals surface area contributed by atoms with Crippen molar-refractivity contribution < 1.29 is 8.42 Å². The maximum atomic E-state index is 11.7. The van der Waals surface area contributed by atoms with Crippen LogP contribution < -0.4 is 0 Å². The number of allylic oxidation sites excluding steroid dienone is 2. The van der Waals surface area contributed by atoms with Crippen LogP contribution in [-0.2, 0) is 9.84 Å². The Hall–Kier alpha value is -1.65. The van der Waals surface area contributed by atoms with Gasteiger partial charge in [-0.2, -0.15) is 0 Å². The molecule has 1 spiro atoms. The first kappa shape index (κ1) is 15.9. The van der Waals surface area contributed by atoms with Gasteiger partial charge in [-0.25, -0.2) is 13.4 Å². The third kappa shape index (κ3) is 2.89. The van der Waals surface area contributed by atoms with Crippen molar-refractivity contribution in [3.05, 3.63) is 58.9 Å². The summed E-state index contributed by atoms with van der Waals surface area (Å²) < 4.78 is 23.3. The number of benzene rings is 1. The van der Waals surface area contributed by atoms with Crippen LogP contribution in [0.25, 0.3) is 11.1 Å². The molecule has 1 aromatic carbocycles. The van der Waals surface area contributed by atoms with Crippen LogP contribution in [0.1, 0.15) is 36.8 Å². The normalized spacial score (nSPS) is 19.1. The van der Waals surface area contributed by atoms with E-state index < -0.39 is 9.84 Å². The number of aromatic nitrogens is 1. The predicted molar refractivity (Wildman–Crippen MR) is 96.5 cm³/mol. The van der Waals surface area contributed by atoms with Gasteiger partial charge in [0.2, 0.25) is 0 Å². The molecular formula is C19H18ClNO2S. The van der Waals surface area contributed by atoms with Gasteiger partial charge >= 0.3 is 0 Å². The standard InChI is InChI=1S/C19H18ClNO2S/c1-24(22,23)15-5-2-13(3-6-15)16-10-19(8-9-19)11-17(16)14-4-7-18(20)21-12-14/h2-7,12H,8-11H2,1H3. The first-order valence-corrected chi connectivity index (χ1v) is 10.3. The molecule has 2 aliphatic rings. The molecule has 24 heavy (non-hydrogen) atoms. The van der Waals surface area contributed by atoms with Gasteiger partial charge in [0.15, 0.2) is 9.84 Å². The zero-order valence-electron chi connectivity index (χ0n) is 13.4. The minimum atomic E-state index is -3.16. The first-order chi connectivity index (χ1) is 11.4. The average Bonchev–Trinajstić information content (AvgIpc) is 3.19. The molecule has 3 nitrogen and oxygen atoms in total. The number of hydrogen-bond acceptors (Lipinski definition) is 3. The molecule has 0 unspecified atom stereocenters. The highest BCUT2D eigenvalue weighted by Crippen LogP contribution is 2.63. The Bertz CT molecular complexity index is 924. The van der Waals surface area contributed by atoms with Crippen LogP contribution in [0, 0.1) is 5.41 Å². The van der Waals surface area contributed by atoms with E-state index in [9.17, 15) is 8.42 Å². The summed E-state index contributed by atoms with van der Waals surface area (Å²) in [6.45, 7) is 0. The Morgan fingerprint density at radius 2 is 1.54 bits per heavy atom. The summed E-state index contributed by atoms with van der Waals surface area (Å²) in [5, 5.41) is 0.498. The Labute approximate surface area is 147 Å². The summed E-state index contributed by atoms with van der Waals surface area (Å²) in [4.78, 5) is 4.58. The summed E-state index contributed by atoms with van der Waals surface area (Å²) in [7, 11) is -3.16. The number of nitrogens with zero attached hydrogens (tertiary/aromatic N) is 1. The van der Waals surface area contributed by atoms with E-state index in [0.717, 1.165) is 24.0 Å². The molecule has 0 atom stereocenters. The zero-order chi connectivity index (χ0) is 16.9. The monoisotopic (exact) mass is 359 g/mol. The molecule has 2 aromatic rings. The summed E-state index contributed by atoms with van der Waals surface area (Å²) >= 11 is 5.92. The molecule has 1 heterocycles. The van der Waals surface area contributed by atoms with Crippen LogP contribution in [0.15, 0.2) is 47.5 Å². The summed E-state index contributed by atoms with van der Waals surface area (Å²) in [5.74, 6) is 0. The predicted octanol–water partition coefficient (Wildman–Crippen LogP) is 4.62. The largest absolute Gasteiger partial charge is 0.244 e. The smallest absolute Gasteiger partial charge is 0.175 e. The van der Waals surface area contributed by atoms with Crippen LogP contribution in [0.4, 0.5) is 0 Å². The fraction of sp³-hybridized carbons (Fsp3) is 0.316. The van der Waals surface area contributed by atoms with Crippen molar-refractivity contribution in [2.45, 2.75) is 30.6 Å². The van der Waals surface area contributed by atoms with Crippen LogP contribution in [-0.4, -0.2) is 19.7 Å².